The van der Waals surface area contributed by atoms with E-state index < -0.39 is 5.91 Å². The Morgan fingerprint density at radius 1 is 0.600 bits per heavy atom. The first-order valence-corrected chi connectivity index (χ1v) is 8.03. The zero-order valence-electron chi connectivity index (χ0n) is 13.2. The molecule has 4 nitrogen and oxygen atoms in total. The van der Waals surface area contributed by atoms with E-state index >= 15 is 0 Å². The van der Waals surface area contributed by atoms with Crippen LogP contribution in [0.4, 0.5) is 0 Å². The molecule has 0 saturated carbocycles. The number of benzene rings is 3. The smallest absolute Gasteiger partial charge is 0.267 e. The van der Waals surface area contributed by atoms with Crippen LogP contribution in [-0.2, 0) is 0 Å². The van der Waals surface area contributed by atoms with Gasteiger partial charge in [-0.25, -0.2) is 0 Å². The quantitative estimate of drug-likeness (QED) is 0.699. The van der Waals surface area contributed by atoms with Gasteiger partial charge in [-0.05, 0) is 47.5 Å². The highest BCUT2D eigenvalue weighted by atomic mass is 35.5. The Labute approximate surface area is 150 Å². The van der Waals surface area contributed by atoms with Crippen LogP contribution >= 0.6 is 11.6 Å². The maximum absolute atomic E-state index is 12.1. The monoisotopic (exact) mass is 350 g/mol. The van der Waals surface area contributed by atoms with Crippen molar-refractivity contribution in [2.75, 3.05) is 0 Å². The van der Waals surface area contributed by atoms with E-state index in [-0.39, 0.29) is 5.91 Å². The summed E-state index contributed by atoms with van der Waals surface area (Å²) >= 11 is 5.78. The van der Waals surface area contributed by atoms with Crippen LogP contribution in [0.15, 0.2) is 78.9 Å². The van der Waals surface area contributed by atoms with Crippen molar-refractivity contribution in [1.82, 2.24) is 10.9 Å². The summed E-state index contributed by atoms with van der Waals surface area (Å²) in [6, 6.07) is 23.4. The van der Waals surface area contributed by atoms with Gasteiger partial charge in [-0.1, -0.05) is 54.1 Å². The topological polar surface area (TPSA) is 58.2 Å². The molecule has 0 aliphatic heterocycles. The van der Waals surface area contributed by atoms with Gasteiger partial charge in [-0.2, -0.15) is 0 Å². The lowest BCUT2D eigenvalue weighted by Gasteiger charge is -2.08. The predicted molar refractivity (Wildman–Crippen MR) is 98.3 cm³/mol. The van der Waals surface area contributed by atoms with E-state index in [4.69, 9.17) is 11.6 Å². The molecule has 0 fully saturated rings. The summed E-state index contributed by atoms with van der Waals surface area (Å²) in [5, 5.41) is 0.541. The van der Waals surface area contributed by atoms with Crippen LogP contribution in [0.5, 0.6) is 0 Å². The largest absolute Gasteiger partial charge is 0.269 e. The highest BCUT2D eigenvalue weighted by Gasteiger charge is 2.09. The third-order valence-corrected chi connectivity index (χ3v) is 3.90. The Bertz CT molecular complexity index is 876. The minimum Gasteiger partial charge on any atom is -0.267 e. The summed E-state index contributed by atoms with van der Waals surface area (Å²) in [5.41, 5.74) is 7.73. The van der Waals surface area contributed by atoms with Crippen molar-refractivity contribution in [3.8, 4) is 11.1 Å². The number of halogens is 1. The van der Waals surface area contributed by atoms with Crippen molar-refractivity contribution in [2.45, 2.75) is 0 Å². The third-order valence-electron chi connectivity index (χ3n) is 3.65. The summed E-state index contributed by atoms with van der Waals surface area (Å²) in [6.07, 6.45) is 0. The van der Waals surface area contributed by atoms with E-state index in [9.17, 15) is 9.59 Å². The highest BCUT2D eigenvalue weighted by molar-refractivity contribution is 6.30. The molecule has 0 spiro atoms. The maximum Gasteiger partial charge on any atom is 0.269 e. The fourth-order valence-corrected chi connectivity index (χ4v) is 2.43. The normalized spacial score (nSPS) is 10.1. The van der Waals surface area contributed by atoms with Crippen molar-refractivity contribution in [3.63, 3.8) is 0 Å². The Morgan fingerprint density at radius 2 is 1.04 bits per heavy atom. The zero-order valence-corrected chi connectivity index (χ0v) is 14.0. The van der Waals surface area contributed by atoms with Crippen molar-refractivity contribution in [3.05, 3.63) is 95.0 Å². The van der Waals surface area contributed by atoms with Crippen LogP contribution in [0.3, 0.4) is 0 Å². The molecular formula is C20H15ClN2O2. The van der Waals surface area contributed by atoms with Gasteiger partial charge < -0.3 is 0 Å². The number of carbonyl (C=O) groups excluding carboxylic acids is 2. The Morgan fingerprint density at radius 3 is 1.56 bits per heavy atom. The molecule has 0 aromatic heterocycles. The van der Waals surface area contributed by atoms with Gasteiger partial charge >= 0.3 is 0 Å². The molecule has 0 unspecified atom stereocenters. The molecule has 0 aliphatic rings. The molecule has 2 N–H and O–H groups in total. The molecule has 3 aromatic carbocycles. The van der Waals surface area contributed by atoms with Crippen molar-refractivity contribution in [1.29, 1.82) is 0 Å². The van der Waals surface area contributed by atoms with Gasteiger partial charge in [-0.15, -0.1) is 0 Å². The van der Waals surface area contributed by atoms with Crippen LogP contribution in [-0.4, -0.2) is 11.8 Å². The van der Waals surface area contributed by atoms with Gasteiger partial charge in [0.25, 0.3) is 11.8 Å². The fourth-order valence-electron chi connectivity index (χ4n) is 2.30. The second kappa shape index (κ2) is 7.64. The first-order valence-electron chi connectivity index (χ1n) is 7.65. The summed E-state index contributed by atoms with van der Waals surface area (Å²) in [4.78, 5) is 24.1. The molecule has 3 aromatic rings. The van der Waals surface area contributed by atoms with Crippen LogP contribution in [0.25, 0.3) is 11.1 Å². The molecule has 0 atom stereocenters. The Balaban J connectivity index is 1.61. The molecule has 0 bridgehead atoms. The van der Waals surface area contributed by atoms with Gasteiger partial charge in [0.15, 0.2) is 0 Å². The minimum absolute atomic E-state index is 0.387. The Kier molecular flexibility index (Phi) is 5.11. The standard InChI is InChI=1S/C20H15ClN2O2/c21-18-12-10-17(11-13-18)20(25)23-22-19(24)16-8-6-15(7-9-16)14-4-2-1-3-5-14/h1-13H,(H,22,24)(H,23,25). The van der Waals surface area contributed by atoms with Gasteiger partial charge in [0.1, 0.15) is 0 Å². The fraction of sp³-hybridized carbons (Fsp3) is 0. The van der Waals surface area contributed by atoms with Gasteiger partial charge in [0, 0.05) is 16.1 Å². The van der Waals surface area contributed by atoms with Crippen molar-refractivity contribution >= 4 is 23.4 Å². The van der Waals surface area contributed by atoms with E-state index in [0.717, 1.165) is 11.1 Å². The van der Waals surface area contributed by atoms with Crippen molar-refractivity contribution < 1.29 is 9.59 Å². The summed E-state index contributed by atoms with van der Waals surface area (Å²) in [7, 11) is 0. The minimum atomic E-state index is -0.411. The number of hydrogen-bond acceptors (Lipinski definition) is 2. The molecule has 0 radical (unpaired) electrons. The van der Waals surface area contributed by atoms with Crippen LogP contribution in [0.1, 0.15) is 20.7 Å². The van der Waals surface area contributed by atoms with E-state index in [2.05, 4.69) is 10.9 Å². The number of hydrazine groups is 1. The van der Waals surface area contributed by atoms with Crippen LogP contribution < -0.4 is 10.9 Å². The number of nitrogens with one attached hydrogen (secondary N) is 2. The first-order chi connectivity index (χ1) is 12.1. The van der Waals surface area contributed by atoms with E-state index in [1.807, 2.05) is 42.5 Å². The lowest BCUT2D eigenvalue weighted by molar-refractivity contribution is 0.0846. The molecule has 124 valence electrons. The van der Waals surface area contributed by atoms with E-state index in [1.54, 1.807) is 36.4 Å². The lowest BCUT2D eigenvalue weighted by atomic mass is 10.0. The summed E-state index contributed by atoms with van der Waals surface area (Å²) < 4.78 is 0. The number of carbonyl (C=O) groups is 2. The second-order valence-corrected chi connectivity index (χ2v) is 5.79. The van der Waals surface area contributed by atoms with E-state index in [1.165, 1.54) is 0 Å². The highest BCUT2D eigenvalue weighted by Crippen LogP contribution is 2.19. The van der Waals surface area contributed by atoms with Gasteiger partial charge in [-0.3, -0.25) is 20.4 Å². The molecule has 25 heavy (non-hydrogen) atoms. The summed E-state index contributed by atoms with van der Waals surface area (Å²) in [6.45, 7) is 0. The second-order valence-electron chi connectivity index (χ2n) is 5.36. The molecule has 3 rings (SSSR count). The lowest BCUT2D eigenvalue weighted by Crippen LogP contribution is -2.41. The van der Waals surface area contributed by atoms with E-state index in [0.29, 0.717) is 16.1 Å². The SMILES string of the molecule is O=C(NNC(=O)c1ccc(-c2ccccc2)cc1)c1ccc(Cl)cc1. The molecular weight excluding hydrogens is 336 g/mol. The molecule has 0 heterocycles. The number of amides is 2. The van der Waals surface area contributed by atoms with Gasteiger partial charge in [0.05, 0.1) is 0 Å². The van der Waals surface area contributed by atoms with Gasteiger partial charge in [0.2, 0.25) is 0 Å². The molecule has 0 saturated heterocycles. The van der Waals surface area contributed by atoms with Crippen molar-refractivity contribution in [2.24, 2.45) is 0 Å². The van der Waals surface area contributed by atoms with Crippen LogP contribution in [0.2, 0.25) is 5.02 Å². The average molecular weight is 351 g/mol. The maximum atomic E-state index is 12.1. The molecule has 2 amide bonds. The summed E-state index contributed by atoms with van der Waals surface area (Å²) in [5.74, 6) is -0.798. The molecule has 5 heteroatoms. The van der Waals surface area contributed by atoms with Crippen LogP contribution in [0, 0.1) is 0 Å². The Hall–Kier alpha value is -3.11. The number of rotatable bonds is 3. The third kappa shape index (κ3) is 4.25. The average Bonchev–Trinajstić information content (AvgIpc) is 2.67. The predicted octanol–water partition coefficient (Wildman–Crippen LogP) is 4.08. The first kappa shape index (κ1) is 16.7. The zero-order chi connectivity index (χ0) is 17.6. The molecule has 0 aliphatic carbocycles. The number of hydrogen-bond donors (Lipinski definition) is 2.